The number of nitrogens with one attached hydrogen (secondary N) is 2. The van der Waals surface area contributed by atoms with Crippen LogP contribution in [0, 0.1) is 29.6 Å². The molecule has 2 aliphatic rings. The van der Waals surface area contributed by atoms with Crippen molar-refractivity contribution in [3.8, 4) is 0 Å². The van der Waals surface area contributed by atoms with Crippen LogP contribution in [0.15, 0.2) is 30.3 Å². The molecule has 1 saturated heterocycles. The number of hydrogen-bond acceptors (Lipinski definition) is 9. The molecule has 1 heterocycles. The monoisotopic (exact) mass is 788 g/mol. The van der Waals surface area contributed by atoms with Gasteiger partial charge in [-0.25, -0.2) is 4.79 Å². The van der Waals surface area contributed by atoms with Crippen LogP contribution >= 0.6 is 0 Å². The van der Waals surface area contributed by atoms with Crippen molar-refractivity contribution in [2.24, 2.45) is 29.6 Å². The van der Waals surface area contributed by atoms with Crippen molar-refractivity contribution < 1.29 is 43.3 Å². The van der Waals surface area contributed by atoms with Gasteiger partial charge in [-0.3, -0.25) is 24.1 Å². The average Bonchev–Trinajstić information content (AvgIpc) is 3.83. The number of benzene rings is 1. The lowest BCUT2D eigenvalue weighted by Gasteiger charge is -2.41. The molecule has 3 N–H and O–H groups in total. The molecule has 1 aliphatic carbocycles. The van der Waals surface area contributed by atoms with Gasteiger partial charge in [0.25, 0.3) is 0 Å². The van der Waals surface area contributed by atoms with Gasteiger partial charge in [-0.05, 0) is 49.0 Å². The number of carbonyl (C=O) groups is 5. The number of nitrogens with zero attached hydrogens (tertiary/aromatic N) is 3. The van der Waals surface area contributed by atoms with Gasteiger partial charge in [0.2, 0.25) is 23.6 Å². The highest BCUT2D eigenvalue weighted by Gasteiger charge is 2.57. The van der Waals surface area contributed by atoms with E-state index < -0.39 is 60.4 Å². The SMILES string of the molecule is CC[C@H](C)[C@@H]([C@@H](CC(=O)N1[C@H]2C[C@H]2C[C@H]1[C@H](OC)[C@@H](C)C(=O)N[C@H](C)[C@@H](O)c1ccccc1)OC)N(C)C(=O)[C@@H](NC(=O)[C@H](C(C)C)N(C)C(=O)OC)C(C)C. The van der Waals surface area contributed by atoms with Crippen molar-refractivity contribution in [3.63, 3.8) is 0 Å². The number of ether oxygens (including phenoxy) is 3. The van der Waals surface area contributed by atoms with Crippen LogP contribution in [-0.2, 0) is 33.4 Å². The predicted molar refractivity (Wildman–Crippen MR) is 213 cm³/mol. The summed E-state index contributed by atoms with van der Waals surface area (Å²) in [5, 5.41) is 16.8. The van der Waals surface area contributed by atoms with Gasteiger partial charge in [-0.15, -0.1) is 0 Å². The Morgan fingerprint density at radius 2 is 1.48 bits per heavy atom. The van der Waals surface area contributed by atoms with Crippen molar-refractivity contribution in [2.45, 2.75) is 136 Å². The zero-order valence-electron chi connectivity index (χ0n) is 35.9. The Morgan fingerprint density at radius 1 is 0.857 bits per heavy atom. The van der Waals surface area contributed by atoms with Crippen molar-refractivity contribution in [2.75, 3.05) is 35.4 Å². The van der Waals surface area contributed by atoms with E-state index in [0.29, 0.717) is 24.3 Å². The lowest BCUT2D eigenvalue weighted by Crippen LogP contribution is -2.60. The Labute approximate surface area is 334 Å². The maximum Gasteiger partial charge on any atom is 0.409 e. The molecular weight excluding hydrogens is 718 g/mol. The van der Waals surface area contributed by atoms with E-state index in [1.807, 2.05) is 76.8 Å². The molecule has 1 aromatic carbocycles. The van der Waals surface area contributed by atoms with Crippen LogP contribution < -0.4 is 10.6 Å². The highest BCUT2D eigenvalue weighted by molar-refractivity contribution is 5.91. The number of carbonyl (C=O) groups excluding carboxylic acids is 5. The number of fused-ring (bicyclic) bond motifs is 1. The Morgan fingerprint density at radius 3 is 2.00 bits per heavy atom. The van der Waals surface area contributed by atoms with Crippen LogP contribution in [0.5, 0.6) is 0 Å². The molecule has 0 radical (unpaired) electrons. The molecule has 0 spiro atoms. The van der Waals surface area contributed by atoms with Crippen LogP contribution in [0.25, 0.3) is 0 Å². The van der Waals surface area contributed by atoms with Gasteiger partial charge in [0, 0.05) is 34.4 Å². The molecule has 2 fully saturated rings. The minimum absolute atomic E-state index is 0.00177. The zero-order chi connectivity index (χ0) is 42.2. The van der Waals surface area contributed by atoms with Crippen LogP contribution in [0.2, 0.25) is 0 Å². The molecule has 0 bridgehead atoms. The molecule has 1 saturated carbocycles. The molecule has 316 valence electrons. The summed E-state index contributed by atoms with van der Waals surface area (Å²) in [6, 6.07) is 6.00. The van der Waals surface area contributed by atoms with Crippen LogP contribution in [0.1, 0.15) is 92.7 Å². The number of likely N-dealkylation sites (tertiary alicyclic amines) is 1. The highest BCUT2D eigenvalue weighted by atomic mass is 16.5. The smallest absolute Gasteiger partial charge is 0.409 e. The van der Waals surface area contributed by atoms with Gasteiger partial charge in [-0.1, -0.05) is 85.2 Å². The first-order valence-corrected chi connectivity index (χ1v) is 20.1. The van der Waals surface area contributed by atoms with E-state index in [1.165, 1.54) is 19.1 Å². The summed E-state index contributed by atoms with van der Waals surface area (Å²) in [4.78, 5) is 73.1. The van der Waals surface area contributed by atoms with Gasteiger partial charge < -0.3 is 39.8 Å². The van der Waals surface area contributed by atoms with E-state index in [-0.39, 0.29) is 54.0 Å². The number of likely N-dealkylation sites (N-methyl/N-ethyl adjacent to an activating group) is 2. The third kappa shape index (κ3) is 10.8. The standard InChI is InChI=1S/C42H69N5O9/c1-14-25(6)36(45(9)41(52)34(23(2)3)44-40(51)35(24(4)5)46(10)42(53)56-13)32(54-11)22-33(48)47-30-20-29(30)21-31(47)38(55-12)26(7)39(50)43-27(8)37(49)28-18-16-15-17-19-28/h15-19,23-27,29-32,34-38,49H,14,20-22H2,1-13H3,(H,43,50)(H,44,51)/t25-,26+,27+,29-,30-,31-,32+,34-,35-,36-,37+,38+/m0/s1. The minimum atomic E-state index is -0.915. The summed E-state index contributed by atoms with van der Waals surface area (Å²) in [5.74, 6) is -2.15. The fourth-order valence-corrected chi connectivity index (χ4v) is 8.54. The number of methoxy groups -OCH3 is 3. The Hall–Kier alpha value is -3.75. The average molecular weight is 788 g/mol. The first-order chi connectivity index (χ1) is 26.4. The molecule has 1 aliphatic heterocycles. The summed E-state index contributed by atoms with van der Waals surface area (Å²) in [7, 11) is 7.52. The maximum atomic E-state index is 14.4. The van der Waals surface area contributed by atoms with Crippen molar-refractivity contribution in [1.29, 1.82) is 0 Å². The van der Waals surface area contributed by atoms with E-state index in [2.05, 4.69) is 10.6 Å². The number of aliphatic hydroxyl groups excluding tert-OH is 1. The Bertz CT molecular complexity index is 1480. The topological polar surface area (TPSA) is 167 Å². The molecule has 5 amide bonds. The van der Waals surface area contributed by atoms with E-state index in [0.717, 1.165) is 6.42 Å². The second kappa shape index (κ2) is 20.6. The summed E-state index contributed by atoms with van der Waals surface area (Å²) < 4.78 is 16.9. The molecule has 0 unspecified atom stereocenters. The number of amides is 5. The minimum Gasteiger partial charge on any atom is -0.453 e. The molecule has 14 heteroatoms. The Kier molecular flexibility index (Phi) is 17.2. The van der Waals surface area contributed by atoms with Crippen molar-refractivity contribution >= 4 is 29.7 Å². The van der Waals surface area contributed by atoms with Gasteiger partial charge in [0.1, 0.15) is 12.1 Å². The van der Waals surface area contributed by atoms with E-state index >= 15 is 0 Å². The van der Waals surface area contributed by atoms with Crippen LogP contribution in [0.4, 0.5) is 4.79 Å². The normalized spacial score (nSPS) is 22.4. The highest BCUT2D eigenvalue weighted by Crippen LogP contribution is 2.50. The second-order valence-corrected chi connectivity index (χ2v) is 16.6. The van der Waals surface area contributed by atoms with Gasteiger partial charge in [0.15, 0.2) is 0 Å². The Balaban J connectivity index is 1.80. The first-order valence-electron chi connectivity index (χ1n) is 20.1. The largest absolute Gasteiger partial charge is 0.453 e. The number of rotatable bonds is 20. The summed E-state index contributed by atoms with van der Waals surface area (Å²) in [6.07, 6.45) is -0.540. The second-order valence-electron chi connectivity index (χ2n) is 16.6. The number of piperidine rings is 1. The molecule has 0 aromatic heterocycles. The van der Waals surface area contributed by atoms with Crippen LogP contribution in [0.3, 0.4) is 0 Å². The molecule has 3 rings (SSSR count). The predicted octanol–water partition coefficient (Wildman–Crippen LogP) is 4.01. The van der Waals surface area contributed by atoms with E-state index in [1.54, 1.807) is 40.0 Å². The summed E-state index contributed by atoms with van der Waals surface area (Å²) in [5.41, 5.74) is 0.701. The molecule has 1 aromatic rings. The molecular formula is C42H69N5O9. The fraction of sp³-hybridized carbons (Fsp3) is 0.738. The molecule has 12 atom stereocenters. The zero-order valence-corrected chi connectivity index (χ0v) is 35.9. The van der Waals surface area contributed by atoms with E-state index in [4.69, 9.17) is 14.2 Å². The van der Waals surface area contributed by atoms with E-state index in [9.17, 15) is 29.1 Å². The molecule has 14 nitrogen and oxygen atoms in total. The molecule has 56 heavy (non-hydrogen) atoms. The third-order valence-electron chi connectivity index (χ3n) is 12.1. The lowest BCUT2D eigenvalue weighted by molar-refractivity contribution is -0.149. The fourth-order valence-electron chi connectivity index (χ4n) is 8.54. The lowest BCUT2D eigenvalue weighted by atomic mass is 9.89. The van der Waals surface area contributed by atoms with Crippen molar-refractivity contribution in [3.05, 3.63) is 35.9 Å². The maximum absolute atomic E-state index is 14.4. The first kappa shape index (κ1) is 46.6. The number of hydrogen-bond donors (Lipinski definition) is 3. The quantitative estimate of drug-likeness (QED) is 0.177. The van der Waals surface area contributed by atoms with Gasteiger partial charge in [-0.2, -0.15) is 0 Å². The van der Waals surface area contributed by atoms with Crippen molar-refractivity contribution in [1.82, 2.24) is 25.3 Å². The summed E-state index contributed by atoms with van der Waals surface area (Å²) >= 11 is 0. The summed E-state index contributed by atoms with van der Waals surface area (Å²) in [6.45, 7) is 14.9. The third-order valence-corrected chi connectivity index (χ3v) is 12.1. The van der Waals surface area contributed by atoms with Gasteiger partial charge in [0.05, 0.1) is 55.9 Å². The number of aliphatic hydroxyl groups is 1. The van der Waals surface area contributed by atoms with Gasteiger partial charge >= 0.3 is 6.09 Å². The van der Waals surface area contributed by atoms with Crippen LogP contribution in [-0.4, -0.2) is 133 Å².